The molecule has 0 N–H and O–H groups in total. The van der Waals surface area contributed by atoms with Gasteiger partial charge >= 0.3 is 0 Å². The second-order valence-electron chi connectivity index (χ2n) is 6.07. The second-order valence-corrected chi connectivity index (χ2v) is 6.07. The Balaban J connectivity index is 1.86. The quantitative estimate of drug-likeness (QED) is 0.760. The standard InChI is InChI=1S/C17H19NO4/c19-15-12-8-4-5-9-13(12)16(20)18(15)14(17(21)22)10-11-6-2-1-3-7-11/h1-3,6-7,12-14H,4-5,8-10H2,(H,21,22)/p-1/t12-,13+,14-/m1/s1. The van der Waals surface area contributed by atoms with E-state index in [2.05, 4.69) is 0 Å². The molecule has 1 aliphatic heterocycles. The number of fused-ring (bicyclic) bond motifs is 1. The van der Waals surface area contributed by atoms with E-state index in [4.69, 9.17) is 0 Å². The lowest BCUT2D eigenvalue weighted by molar-refractivity contribution is -0.310. The minimum atomic E-state index is -1.37. The van der Waals surface area contributed by atoms with E-state index in [1.165, 1.54) is 0 Å². The van der Waals surface area contributed by atoms with Crippen molar-refractivity contribution in [1.82, 2.24) is 4.90 Å². The van der Waals surface area contributed by atoms with Crippen LogP contribution in [0.3, 0.4) is 0 Å². The van der Waals surface area contributed by atoms with Crippen molar-refractivity contribution in [3.05, 3.63) is 35.9 Å². The molecule has 1 saturated carbocycles. The zero-order valence-electron chi connectivity index (χ0n) is 12.2. The fraction of sp³-hybridized carbons (Fsp3) is 0.471. The van der Waals surface area contributed by atoms with Crippen LogP contribution < -0.4 is 5.11 Å². The fourth-order valence-corrected chi connectivity index (χ4v) is 3.61. The SMILES string of the molecule is O=C([O-])[C@@H](Cc1ccccc1)N1C(=O)[C@H]2CCCC[C@H]2C1=O. The number of carboxylic acid groups (broad SMARTS) is 1. The normalized spacial score (nSPS) is 25.9. The van der Waals surface area contributed by atoms with E-state index in [0.717, 1.165) is 23.3 Å². The Morgan fingerprint density at radius 3 is 2.14 bits per heavy atom. The van der Waals surface area contributed by atoms with Gasteiger partial charge in [-0.3, -0.25) is 14.5 Å². The maximum absolute atomic E-state index is 12.5. The molecule has 0 bridgehead atoms. The van der Waals surface area contributed by atoms with Gasteiger partial charge in [-0.2, -0.15) is 0 Å². The largest absolute Gasteiger partial charge is 0.548 e. The maximum Gasteiger partial charge on any atom is 0.233 e. The molecule has 5 heteroatoms. The maximum atomic E-state index is 12.5. The van der Waals surface area contributed by atoms with Crippen LogP contribution in [-0.4, -0.2) is 28.7 Å². The molecule has 1 aliphatic carbocycles. The van der Waals surface area contributed by atoms with E-state index in [1.807, 2.05) is 6.07 Å². The van der Waals surface area contributed by atoms with Gasteiger partial charge in [0.05, 0.1) is 23.8 Å². The molecule has 116 valence electrons. The van der Waals surface area contributed by atoms with Gasteiger partial charge in [0.2, 0.25) is 11.8 Å². The van der Waals surface area contributed by atoms with Crippen LogP contribution in [0.2, 0.25) is 0 Å². The van der Waals surface area contributed by atoms with Crippen molar-refractivity contribution in [3.8, 4) is 0 Å². The van der Waals surface area contributed by atoms with Crippen LogP contribution in [0, 0.1) is 11.8 Å². The first-order valence-electron chi connectivity index (χ1n) is 7.71. The van der Waals surface area contributed by atoms with E-state index in [9.17, 15) is 19.5 Å². The molecule has 2 fully saturated rings. The molecule has 0 radical (unpaired) electrons. The molecule has 1 saturated heterocycles. The lowest BCUT2D eigenvalue weighted by atomic mass is 9.81. The molecule has 0 spiro atoms. The summed E-state index contributed by atoms with van der Waals surface area (Å²) in [4.78, 5) is 37.5. The Kier molecular flexibility index (Phi) is 3.96. The van der Waals surface area contributed by atoms with Gasteiger partial charge in [-0.1, -0.05) is 43.2 Å². The van der Waals surface area contributed by atoms with E-state index >= 15 is 0 Å². The summed E-state index contributed by atoms with van der Waals surface area (Å²) in [5.74, 6) is -2.71. The number of rotatable bonds is 4. The first-order valence-corrected chi connectivity index (χ1v) is 7.71. The van der Waals surface area contributed by atoms with E-state index in [0.29, 0.717) is 12.8 Å². The highest BCUT2D eigenvalue weighted by Crippen LogP contribution is 2.39. The number of carbonyl (C=O) groups excluding carboxylic acids is 3. The Morgan fingerprint density at radius 2 is 1.64 bits per heavy atom. The highest BCUT2D eigenvalue weighted by molar-refractivity contribution is 6.07. The van der Waals surface area contributed by atoms with E-state index in [1.54, 1.807) is 24.3 Å². The Bertz CT molecular complexity index is 574. The smallest absolute Gasteiger partial charge is 0.233 e. The van der Waals surface area contributed by atoms with Crippen molar-refractivity contribution >= 4 is 17.8 Å². The number of likely N-dealkylation sites (tertiary alicyclic amines) is 1. The minimum absolute atomic E-state index is 0.0973. The van der Waals surface area contributed by atoms with E-state index < -0.39 is 12.0 Å². The van der Waals surface area contributed by atoms with Gasteiger partial charge in [0.25, 0.3) is 0 Å². The molecule has 3 atom stereocenters. The molecule has 2 amide bonds. The van der Waals surface area contributed by atoms with Crippen LogP contribution >= 0.6 is 0 Å². The second kappa shape index (κ2) is 5.91. The summed E-state index contributed by atoms with van der Waals surface area (Å²) in [5, 5.41) is 11.5. The van der Waals surface area contributed by atoms with E-state index in [-0.39, 0.29) is 30.1 Å². The van der Waals surface area contributed by atoms with Crippen molar-refractivity contribution < 1.29 is 19.5 Å². The highest BCUT2D eigenvalue weighted by atomic mass is 16.4. The molecule has 5 nitrogen and oxygen atoms in total. The number of carboxylic acids is 1. The summed E-state index contributed by atoms with van der Waals surface area (Å²) in [6.07, 6.45) is 3.29. The molecule has 1 heterocycles. The predicted molar refractivity (Wildman–Crippen MR) is 76.2 cm³/mol. The molecule has 22 heavy (non-hydrogen) atoms. The third kappa shape index (κ3) is 2.51. The van der Waals surface area contributed by atoms with Crippen LogP contribution in [0.5, 0.6) is 0 Å². The first kappa shape index (κ1) is 14.8. The summed E-state index contributed by atoms with van der Waals surface area (Å²) in [5.41, 5.74) is 0.771. The van der Waals surface area contributed by atoms with Gasteiger partial charge in [0, 0.05) is 0 Å². The molecule has 1 aromatic rings. The average Bonchev–Trinajstić information content (AvgIpc) is 2.78. The lowest BCUT2D eigenvalue weighted by Crippen LogP contribution is -2.52. The molecular weight excluding hydrogens is 282 g/mol. The van der Waals surface area contributed by atoms with Gasteiger partial charge in [0.15, 0.2) is 0 Å². The molecule has 3 rings (SSSR count). The third-order valence-electron chi connectivity index (χ3n) is 4.73. The van der Waals surface area contributed by atoms with Crippen LogP contribution in [0.15, 0.2) is 30.3 Å². The number of benzene rings is 1. The lowest BCUT2D eigenvalue weighted by Gasteiger charge is -2.27. The van der Waals surface area contributed by atoms with Gasteiger partial charge in [-0.15, -0.1) is 0 Å². The van der Waals surface area contributed by atoms with Crippen LogP contribution in [-0.2, 0) is 20.8 Å². The first-order chi connectivity index (χ1) is 10.6. The Labute approximate surface area is 128 Å². The van der Waals surface area contributed by atoms with Crippen molar-refractivity contribution in [3.63, 3.8) is 0 Å². The molecular formula is C17H18NO4-. The van der Waals surface area contributed by atoms with Gasteiger partial charge < -0.3 is 9.90 Å². The average molecular weight is 300 g/mol. The van der Waals surface area contributed by atoms with Crippen molar-refractivity contribution in [2.45, 2.75) is 38.1 Å². The number of imide groups is 1. The van der Waals surface area contributed by atoms with Gasteiger partial charge in [0.1, 0.15) is 0 Å². The van der Waals surface area contributed by atoms with Crippen molar-refractivity contribution in [2.24, 2.45) is 11.8 Å². The fourth-order valence-electron chi connectivity index (χ4n) is 3.61. The number of hydrogen-bond acceptors (Lipinski definition) is 4. The molecule has 0 unspecified atom stereocenters. The van der Waals surface area contributed by atoms with Crippen LogP contribution in [0.25, 0.3) is 0 Å². The monoisotopic (exact) mass is 300 g/mol. The molecule has 0 aromatic heterocycles. The minimum Gasteiger partial charge on any atom is -0.548 e. The number of aliphatic carboxylic acids is 1. The number of amides is 2. The summed E-state index contributed by atoms with van der Waals surface area (Å²) in [6, 6.07) is 7.79. The van der Waals surface area contributed by atoms with Crippen LogP contribution in [0.4, 0.5) is 0 Å². The zero-order valence-corrected chi connectivity index (χ0v) is 12.2. The number of nitrogens with zero attached hydrogens (tertiary/aromatic N) is 1. The summed E-state index contributed by atoms with van der Waals surface area (Å²) in [6.45, 7) is 0. The van der Waals surface area contributed by atoms with Gasteiger partial charge in [-0.05, 0) is 24.8 Å². The summed E-state index contributed by atoms with van der Waals surface area (Å²) >= 11 is 0. The molecule has 2 aliphatic rings. The Morgan fingerprint density at radius 1 is 1.09 bits per heavy atom. The van der Waals surface area contributed by atoms with Crippen molar-refractivity contribution in [2.75, 3.05) is 0 Å². The zero-order chi connectivity index (χ0) is 15.7. The topological polar surface area (TPSA) is 77.5 Å². The van der Waals surface area contributed by atoms with Gasteiger partial charge in [-0.25, -0.2) is 0 Å². The third-order valence-corrected chi connectivity index (χ3v) is 4.73. The highest BCUT2D eigenvalue weighted by Gasteiger charge is 2.50. The summed E-state index contributed by atoms with van der Waals surface area (Å²) in [7, 11) is 0. The predicted octanol–water partition coefficient (Wildman–Crippen LogP) is 0.523. The molecule has 1 aromatic carbocycles. The van der Waals surface area contributed by atoms with Crippen LogP contribution in [0.1, 0.15) is 31.2 Å². The Hall–Kier alpha value is -2.17. The number of carbonyl (C=O) groups is 3. The number of hydrogen-bond donors (Lipinski definition) is 0. The summed E-state index contributed by atoms with van der Waals surface area (Å²) < 4.78 is 0. The van der Waals surface area contributed by atoms with Crippen molar-refractivity contribution in [1.29, 1.82) is 0 Å².